The lowest BCUT2D eigenvalue weighted by Crippen LogP contribution is -2.57. The van der Waals surface area contributed by atoms with Gasteiger partial charge in [-0.1, -0.05) is 0 Å². The summed E-state index contributed by atoms with van der Waals surface area (Å²) in [7, 11) is 6.06. The summed E-state index contributed by atoms with van der Waals surface area (Å²) in [6.45, 7) is 0. The van der Waals surface area contributed by atoms with Gasteiger partial charge in [0, 0.05) is 6.04 Å². The summed E-state index contributed by atoms with van der Waals surface area (Å²) < 4.78 is 0. The van der Waals surface area contributed by atoms with E-state index in [1.165, 1.54) is 12.8 Å². The lowest BCUT2D eigenvalue weighted by Gasteiger charge is -2.39. The second-order valence-corrected chi connectivity index (χ2v) is 3.46. The van der Waals surface area contributed by atoms with Crippen LogP contribution >= 0.6 is 0 Å². The van der Waals surface area contributed by atoms with E-state index in [0.29, 0.717) is 6.04 Å². The lowest BCUT2D eigenvalue weighted by molar-refractivity contribution is 0.221. The molecule has 1 aliphatic rings. The molecule has 1 saturated carbocycles. The van der Waals surface area contributed by atoms with Gasteiger partial charge in [-0.2, -0.15) is 0 Å². The molecule has 71 valence electrons. The third-order valence-electron chi connectivity index (χ3n) is 2.96. The van der Waals surface area contributed by atoms with Gasteiger partial charge >= 0.3 is 0 Å². The average molecular weight is 170 g/mol. The molecule has 0 aromatic heterocycles. The summed E-state index contributed by atoms with van der Waals surface area (Å²) in [6.07, 6.45) is 5.82. The Morgan fingerprint density at radius 2 is 1.92 bits per heavy atom. The van der Waals surface area contributed by atoms with Crippen LogP contribution in [-0.2, 0) is 0 Å². The van der Waals surface area contributed by atoms with Crippen molar-refractivity contribution < 1.29 is 0 Å². The van der Waals surface area contributed by atoms with Crippen LogP contribution in [0.15, 0.2) is 0 Å². The van der Waals surface area contributed by atoms with E-state index in [1.807, 2.05) is 21.1 Å². The molecule has 3 heteroatoms. The normalized spacial score (nSPS) is 24.2. The first-order chi connectivity index (χ1) is 5.76. The van der Waals surface area contributed by atoms with Crippen LogP contribution in [0.3, 0.4) is 0 Å². The summed E-state index contributed by atoms with van der Waals surface area (Å²) >= 11 is 0. The average Bonchev–Trinajstić information content (AvgIpc) is 2.18. The van der Waals surface area contributed by atoms with Crippen LogP contribution in [0.4, 0.5) is 0 Å². The maximum absolute atomic E-state index is 3.34. The molecule has 1 atom stereocenters. The van der Waals surface area contributed by atoms with Gasteiger partial charge in [0.15, 0.2) is 0 Å². The molecule has 0 aromatic rings. The number of hydrogen-bond acceptors (Lipinski definition) is 3. The van der Waals surface area contributed by atoms with Crippen molar-refractivity contribution in [3.63, 3.8) is 0 Å². The highest BCUT2D eigenvalue weighted by Gasteiger charge is 2.31. The Bertz CT molecular complexity index is 122. The minimum Gasteiger partial charge on any atom is -0.317 e. The zero-order valence-corrected chi connectivity index (χ0v) is 8.28. The molecule has 0 saturated heterocycles. The molecule has 0 aromatic carbocycles. The van der Waals surface area contributed by atoms with Crippen LogP contribution in [-0.4, -0.2) is 32.8 Å². The molecule has 3 N–H and O–H groups in total. The highest BCUT2D eigenvalue weighted by Crippen LogP contribution is 2.24. The van der Waals surface area contributed by atoms with Gasteiger partial charge in [0.1, 0.15) is 0 Å². The molecule has 0 bridgehead atoms. The van der Waals surface area contributed by atoms with Crippen LogP contribution in [0, 0.1) is 6.42 Å². The summed E-state index contributed by atoms with van der Waals surface area (Å²) in [5.74, 6) is 0. The van der Waals surface area contributed by atoms with Crippen molar-refractivity contribution in [2.75, 3.05) is 21.1 Å². The fourth-order valence-corrected chi connectivity index (χ4v) is 1.81. The molecule has 12 heavy (non-hydrogen) atoms. The van der Waals surface area contributed by atoms with Crippen LogP contribution in [0.2, 0.25) is 0 Å². The van der Waals surface area contributed by atoms with E-state index in [-0.39, 0.29) is 5.66 Å². The fraction of sp³-hybridized carbons (Fsp3) is 0.889. The largest absolute Gasteiger partial charge is 0.317 e. The van der Waals surface area contributed by atoms with E-state index >= 15 is 0 Å². The second kappa shape index (κ2) is 4.21. The molecular formula is C9H20N3. The maximum atomic E-state index is 3.34. The topological polar surface area (TPSA) is 36.1 Å². The Morgan fingerprint density at radius 1 is 1.25 bits per heavy atom. The first-order valence-electron chi connectivity index (χ1n) is 4.65. The Balaban J connectivity index is 2.42. The number of nitrogens with one attached hydrogen (secondary N) is 3. The number of rotatable bonds is 3. The van der Waals surface area contributed by atoms with Crippen molar-refractivity contribution in [1.29, 1.82) is 0 Å². The summed E-state index contributed by atoms with van der Waals surface area (Å²) in [5.41, 5.74) is 0.146. The van der Waals surface area contributed by atoms with Gasteiger partial charge in [-0.3, -0.25) is 0 Å². The van der Waals surface area contributed by atoms with Crippen molar-refractivity contribution in [3.05, 3.63) is 6.42 Å². The van der Waals surface area contributed by atoms with Gasteiger partial charge in [-0.25, -0.2) is 0 Å². The van der Waals surface area contributed by atoms with E-state index in [0.717, 1.165) is 6.42 Å². The molecule has 1 fully saturated rings. The molecule has 0 amide bonds. The third kappa shape index (κ3) is 1.97. The Labute approximate surface area is 75.3 Å². The van der Waals surface area contributed by atoms with E-state index in [9.17, 15) is 0 Å². The summed E-state index contributed by atoms with van der Waals surface area (Å²) in [6, 6.07) is 0.597. The monoisotopic (exact) mass is 170 g/mol. The van der Waals surface area contributed by atoms with Crippen molar-refractivity contribution in [3.8, 4) is 0 Å². The molecular weight excluding hydrogens is 150 g/mol. The fourth-order valence-electron chi connectivity index (χ4n) is 1.81. The Hall–Kier alpha value is -0.120. The molecule has 1 unspecified atom stereocenters. The van der Waals surface area contributed by atoms with E-state index in [4.69, 9.17) is 0 Å². The third-order valence-corrected chi connectivity index (χ3v) is 2.96. The zero-order valence-electron chi connectivity index (χ0n) is 8.28. The van der Waals surface area contributed by atoms with E-state index in [2.05, 4.69) is 22.4 Å². The van der Waals surface area contributed by atoms with Gasteiger partial charge in [0.05, 0.1) is 5.66 Å². The van der Waals surface area contributed by atoms with Crippen LogP contribution < -0.4 is 16.0 Å². The van der Waals surface area contributed by atoms with Gasteiger partial charge in [0.25, 0.3) is 0 Å². The first-order valence-corrected chi connectivity index (χ1v) is 4.65. The predicted octanol–water partition coefficient (Wildman–Crippen LogP) is 0.0977. The maximum Gasteiger partial charge on any atom is 0.0686 e. The van der Waals surface area contributed by atoms with Gasteiger partial charge in [0.2, 0.25) is 0 Å². The standard InChI is InChI=1S/C9H20N3/c1-10-8-4-6-9(11-2,12-3)7-5-8/h4,8,10-12H,5-7H2,1-3H3. The smallest absolute Gasteiger partial charge is 0.0686 e. The predicted molar refractivity (Wildman–Crippen MR) is 51.8 cm³/mol. The minimum atomic E-state index is 0.146. The minimum absolute atomic E-state index is 0.146. The van der Waals surface area contributed by atoms with Crippen LogP contribution in [0.25, 0.3) is 0 Å². The van der Waals surface area contributed by atoms with Crippen molar-refractivity contribution in [2.24, 2.45) is 0 Å². The highest BCUT2D eigenvalue weighted by molar-refractivity contribution is 4.99. The van der Waals surface area contributed by atoms with Crippen molar-refractivity contribution in [1.82, 2.24) is 16.0 Å². The Morgan fingerprint density at radius 3 is 2.25 bits per heavy atom. The van der Waals surface area contributed by atoms with Gasteiger partial charge in [-0.05, 0) is 46.8 Å². The quantitative estimate of drug-likeness (QED) is 0.526. The molecule has 0 aliphatic heterocycles. The van der Waals surface area contributed by atoms with Crippen LogP contribution in [0.1, 0.15) is 19.3 Å². The first kappa shape index (κ1) is 9.96. The SMILES string of the molecule is CNC1[CH]CC(NC)(NC)CC1. The lowest BCUT2D eigenvalue weighted by atomic mass is 9.86. The second-order valence-electron chi connectivity index (χ2n) is 3.46. The molecule has 1 rings (SSSR count). The highest BCUT2D eigenvalue weighted by atomic mass is 15.2. The van der Waals surface area contributed by atoms with Crippen LogP contribution in [0.5, 0.6) is 0 Å². The van der Waals surface area contributed by atoms with Gasteiger partial charge in [-0.15, -0.1) is 0 Å². The molecule has 0 heterocycles. The van der Waals surface area contributed by atoms with Crippen molar-refractivity contribution in [2.45, 2.75) is 31.0 Å². The molecule has 1 aliphatic carbocycles. The molecule has 1 radical (unpaired) electrons. The van der Waals surface area contributed by atoms with Gasteiger partial charge < -0.3 is 16.0 Å². The summed E-state index contributed by atoms with van der Waals surface area (Å²) in [4.78, 5) is 0. The van der Waals surface area contributed by atoms with E-state index in [1.54, 1.807) is 0 Å². The zero-order chi connectivity index (χ0) is 9.03. The number of hydrogen-bond donors (Lipinski definition) is 3. The summed E-state index contributed by atoms with van der Waals surface area (Å²) in [5, 5.41) is 9.96. The molecule has 0 spiro atoms. The Kier molecular flexibility index (Phi) is 3.50. The van der Waals surface area contributed by atoms with Crippen molar-refractivity contribution >= 4 is 0 Å². The van der Waals surface area contributed by atoms with E-state index < -0.39 is 0 Å². The molecule has 3 nitrogen and oxygen atoms in total.